The van der Waals surface area contributed by atoms with Gasteiger partial charge in [0.2, 0.25) is 5.91 Å². The van der Waals surface area contributed by atoms with Crippen molar-refractivity contribution in [3.05, 3.63) is 0 Å². The van der Waals surface area contributed by atoms with Crippen molar-refractivity contribution in [2.45, 2.75) is 25.7 Å². The van der Waals surface area contributed by atoms with Gasteiger partial charge in [0.1, 0.15) is 0 Å². The van der Waals surface area contributed by atoms with Crippen LogP contribution in [0.5, 0.6) is 0 Å². The van der Waals surface area contributed by atoms with Crippen molar-refractivity contribution in [2.75, 3.05) is 33.4 Å². The van der Waals surface area contributed by atoms with Gasteiger partial charge in [-0.2, -0.15) is 0 Å². The molecule has 1 aliphatic carbocycles. The lowest BCUT2D eigenvalue weighted by atomic mass is 9.77. The Morgan fingerprint density at radius 1 is 1.50 bits per heavy atom. The zero-order chi connectivity index (χ0) is 11.6. The van der Waals surface area contributed by atoms with Gasteiger partial charge in [-0.15, -0.1) is 0 Å². The number of carbonyl (C=O) groups is 1. The molecule has 1 saturated carbocycles. The van der Waals surface area contributed by atoms with Crippen molar-refractivity contribution >= 4 is 5.91 Å². The molecule has 2 rings (SSSR count). The maximum atomic E-state index is 11.7. The van der Waals surface area contributed by atoms with E-state index in [9.17, 15) is 4.79 Å². The molecule has 1 amide bonds. The van der Waals surface area contributed by atoms with Crippen LogP contribution >= 0.6 is 0 Å². The first kappa shape index (κ1) is 11.9. The van der Waals surface area contributed by atoms with Gasteiger partial charge >= 0.3 is 0 Å². The number of nitrogens with zero attached hydrogens (tertiary/aromatic N) is 1. The van der Waals surface area contributed by atoms with E-state index in [0.717, 1.165) is 19.7 Å². The molecule has 0 radical (unpaired) electrons. The molecule has 1 aliphatic heterocycles. The van der Waals surface area contributed by atoms with Gasteiger partial charge in [-0.1, -0.05) is 12.8 Å². The monoisotopic (exact) mass is 226 g/mol. The second-order valence-electron chi connectivity index (χ2n) is 5.20. The summed E-state index contributed by atoms with van der Waals surface area (Å²) < 4.78 is 5.30. The van der Waals surface area contributed by atoms with Crippen LogP contribution in [-0.2, 0) is 9.53 Å². The van der Waals surface area contributed by atoms with Gasteiger partial charge in [0.15, 0.2) is 0 Å². The zero-order valence-electron chi connectivity index (χ0n) is 10.1. The molecule has 1 saturated heterocycles. The highest BCUT2D eigenvalue weighted by Gasteiger charge is 2.48. The quantitative estimate of drug-likeness (QED) is 0.767. The molecule has 0 aromatic rings. The summed E-state index contributed by atoms with van der Waals surface area (Å²) in [5, 5.41) is 0. The molecule has 2 fully saturated rings. The first-order valence-corrected chi connectivity index (χ1v) is 6.18. The summed E-state index contributed by atoms with van der Waals surface area (Å²) >= 11 is 0. The number of nitrogens with two attached hydrogens (primary N) is 1. The normalized spacial score (nSPS) is 27.9. The third-order valence-corrected chi connectivity index (χ3v) is 4.31. The van der Waals surface area contributed by atoms with Crippen LogP contribution in [-0.4, -0.2) is 44.2 Å². The Labute approximate surface area is 97.1 Å². The lowest BCUT2D eigenvalue weighted by molar-refractivity contribution is -0.129. The van der Waals surface area contributed by atoms with Crippen molar-refractivity contribution in [3.8, 4) is 0 Å². The summed E-state index contributed by atoms with van der Waals surface area (Å²) in [6.07, 6.45) is 5.08. The molecule has 2 N–H and O–H groups in total. The highest BCUT2D eigenvalue weighted by molar-refractivity contribution is 5.78. The topological polar surface area (TPSA) is 55.6 Å². The number of hydrogen-bond donors (Lipinski definition) is 1. The van der Waals surface area contributed by atoms with Crippen LogP contribution in [0.1, 0.15) is 25.7 Å². The third-order valence-electron chi connectivity index (χ3n) is 4.31. The Morgan fingerprint density at radius 2 is 2.19 bits per heavy atom. The molecule has 92 valence electrons. The summed E-state index contributed by atoms with van der Waals surface area (Å²) in [4.78, 5) is 13.6. The van der Waals surface area contributed by atoms with Crippen molar-refractivity contribution in [2.24, 2.45) is 17.1 Å². The number of ether oxygens (including phenoxy) is 1. The highest BCUT2D eigenvalue weighted by Crippen LogP contribution is 2.49. The van der Waals surface area contributed by atoms with Gasteiger partial charge in [0.05, 0.1) is 13.2 Å². The van der Waals surface area contributed by atoms with Gasteiger partial charge < -0.3 is 15.4 Å². The molecule has 16 heavy (non-hydrogen) atoms. The predicted octanol–water partition coefficient (Wildman–Crippen LogP) is 0.610. The highest BCUT2D eigenvalue weighted by atomic mass is 16.5. The Morgan fingerprint density at radius 3 is 2.75 bits per heavy atom. The van der Waals surface area contributed by atoms with Crippen LogP contribution in [0.2, 0.25) is 0 Å². The van der Waals surface area contributed by atoms with Crippen molar-refractivity contribution < 1.29 is 9.53 Å². The zero-order valence-corrected chi connectivity index (χ0v) is 10.1. The smallest absolute Gasteiger partial charge is 0.236 e. The van der Waals surface area contributed by atoms with Crippen LogP contribution in [0.15, 0.2) is 0 Å². The number of hydrogen-bond acceptors (Lipinski definition) is 3. The molecule has 0 unspecified atom stereocenters. The minimum absolute atomic E-state index is 0.0879. The molecular weight excluding hydrogens is 204 g/mol. The predicted molar refractivity (Wildman–Crippen MR) is 61.9 cm³/mol. The maximum absolute atomic E-state index is 11.7. The molecular formula is C12H22N2O2. The fourth-order valence-corrected chi connectivity index (χ4v) is 3.43. The van der Waals surface area contributed by atoms with Crippen LogP contribution in [0.4, 0.5) is 0 Å². The number of likely N-dealkylation sites (tertiary alicyclic amines) is 1. The van der Waals surface area contributed by atoms with Gasteiger partial charge in [-0.05, 0) is 18.3 Å². The van der Waals surface area contributed by atoms with Gasteiger partial charge in [0, 0.05) is 26.1 Å². The van der Waals surface area contributed by atoms with Crippen LogP contribution < -0.4 is 5.73 Å². The van der Waals surface area contributed by atoms with Crippen molar-refractivity contribution in [1.29, 1.82) is 0 Å². The average Bonchev–Trinajstić information content (AvgIpc) is 2.88. The second kappa shape index (κ2) is 4.72. The van der Waals surface area contributed by atoms with Crippen LogP contribution in [0.3, 0.4) is 0 Å². The van der Waals surface area contributed by atoms with Crippen LogP contribution in [0, 0.1) is 11.3 Å². The Bertz CT molecular complexity index is 262. The summed E-state index contributed by atoms with van der Waals surface area (Å²) in [5.74, 6) is 0.598. The average molecular weight is 226 g/mol. The summed E-state index contributed by atoms with van der Waals surface area (Å²) in [7, 11) is 1.75. The summed E-state index contributed by atoms with van der Waals surface area (Å²) in [5.41, 5.74) is 5.77. The molecule has 4 heteroatoms. The Balaban J connectivity index is 2.08. The largest absolute Gasteiger partial charge is 0.384 e. The van der Waals surface area contributed by atoms with E-state index in [1.807, 2.05) is 4.90 Å². The van der Waals surface area contributed by atoms with E-state index in [0.29, 0.717) is 11.3 Å². The number of methoxy groups -OCH3 is 1. The lowest BCUT2D eigenvalue weighted by Gasteiger charge is -2.29. The van der Waals surface area contributed by atoms with Gasteiger partial charge in [-0.3, -0.25) is 4.79 Å². The molecule has 4 nitrogen and oxygen atoms in total. The van der Waals surface area contributed by atoms with E-state index < -0.39 is 0 Å². The van der Waals surface area contributed by atoms with Crippen molar-refractivity contribution in [3.63, 3.8) is 0 Å². The van der Waals surface area contributed by atoms with Gasteiger partial charge in [-0.25, -0.2) is 0 Å². The SMILES string of the molecule is COC[C@H]1CN(C(=O)CN)CC12CCCC2. The molecule has 2 aliphatic rings. The van der Waals surface area contributed by atoms with E-state index in [1.54, 1.807) is 7.11 Å². The Kier molecular flexibility index (Phi) is 3.50. The lowest BCUT2D eigenvalue weighted by Crippen LogP contribution is -2.35. The molecule has 0 bridgehead atoms. The number of carbonyl (C=O) groups excluding carboxylic acids is 1. The minimum atomic E-state index is 0.0879. The standard InChI is InChI=1S/C12H22N2O2/c1-16-8-10-7-14(11(15)6-13)9-12(10)4-2-3-5-12/h10H,2-9,13H2,1H3/t10-/m1/s1. The van der Waals surface area contributed by atoms with Crippen molar-refractivity contribution in [1.82, 2.24) is 4.90 Å². The van der Waals surface area contributed by atoms with E-state index in [-0.39, 0.29) is 12.5 Å². The first-order chi connectivity index (χ1) is 7.72. The second-order valence-corrected chi connectivity index (χ2v) is 5.20. The van der Waals surface area contributed by atoms with E-state index in [4.69, 9.17) is 10.5 Å². The van der Waals surface area contributed by atoms with E-state index in [1.165, 1.54) is 25.7 Å². The van der Waals surface area contributed by atoms with Gasteiger partial charge in [0.25, 0.3) is 0 Å². The number of rotatable bonds is 3. The first-order valence-electron chi connectivity index (χ1n) is 6.18. The maximum Gasteiger partial charge on any atom is 0.236 e. The fourth-order valence-electron chi connectivity index (χ4n) is 3.43. The number of amides is 1. The minimum Gasteiger partial charge on any atom is -0.384 e. The molecule has 1 heterocycles. The molecule has 1 spiro atoms. The molecule has 1 atom stereocenters. The Hall–Kier alpha value is -0.610. The van der Waals surface area contributed by atoms with E-state index >= 15 is 0 Å². The fraction of sp³-hybridized carbons (Fsp3) is 0.917. The summed E-state index contributed by atoms with van der Waals surface area (Å²) in [6, 6.07) is 0. The molecule has 0 aromatic heterocycles. The third kappa shape index (κ3) is 1.96. The summed E-state index contributed by atoms with van der Waals surface area (Å²) in [6.45, 7) is 2.64. The molecule has 0 aromatic carbocycles. The van der Waals surface area contributed by atoms with E-state index in [2.05, 4.69) is 0 Å². The van der Waals surface area contributed by atoms with Crippen LogP contribution in [0.25, 0.3) is 0 Å².